The molecule has 2 heterocycles. The summed E-state index contributed by atoms with van der Waals surface area (Å²) in [4.78, 5) is 42.6. The van der Waals surface area contributed by atoms with E-state index in [1.165, 1.54) is 60.8 Å². The topological polar surface area (TPSA) is 86.0 Å². The first-order valence-corrected chi connectivity index (χ1v) is 9.30. The number of hydrogen-bond acceptors (Lipinski definition) is 4. The Hall–Kier alpha value is -4.14. The van der Waals surface area contributed by atoms with Crippen molar-refractivity contribution >= 4 is 22.6 Å². The molecule has 9 heteroatoms. The highest BCUT2D eigenvalue weighted by atomic mass is 19.1. The fourth-order valence-corrected chi connectivity index (χ4v) is 3.18. The Balaban J connectivity index is 1.74. The van der Waals surface area contributed by atoms with Crippen molar-refractivity contribution in [2.75, 3.05) is 5.32 Å². The van der Waals surface area contributed by atoms with Gasteiger partial charge in [0.1, 0.15) is 18.2 Å². The molecule has 0 spiro atoms. The van der Waals surface area contributed by atoms with Gasteiger partial charge >= 0.3 is 5.69 Å². The number of carbonyl (C=O) groups is 1. The van der Waals surface area contributed by atoms with Gasteiger partial charge in [0.15, 0.2) is 5.52 Å². The standard InChI is InChI=1S/C22H16F2N4O3/c23-15-5-3-14(4-6-15)12-28-21(30)20-18(2-1-11-25-20)27(22(28)31)13-19(29)26-17-9-7-16(24)8-10-17/h1-11H,12-13H2,(H,26,29). The van der Waals surface area contributed by atoms with Crippen molar-refractivity contribution in [3.05, 3.63) is 105 Å². The molecule has 0 bridgehead atoms. The van der Waals surface area contributed by atoms with E-state index in [1.807, 2.05) is 0 Å². The van der Waals surface area contributed by atoms with Crippen molar-refractivity contribution in [2.45, 2.75) is 13.1 Å². The highest BCUT2D eigenvalue weighted by Gasteiger charge is 2.16. The average Bonchev–Trinajstić information content (AvgIpc) is 2.77. The van der Waals surface area contributed by atoms with Gasteiger partial charge in [-0.05, 0) is 54.1 Å². The number of rotatable bonds is 5. The van der Waals surface area contributed by atoms with E-state index in [4.69, 9.17) is 0 Å². The summed E-state index contributed by atoms with van der Waals surface area (Å²) in [7, 11) is 0. The summed E-state index contributed by atoms with van der Waals surface area (Å²) in [5, 5.41) is 2.58. The summed E-state index contributed by atoms with van der Waals surface area (Å²) >= 11 is 0. The lowest BCUT2D eigenvalue weighted by Gasteiger charge is -2.14. The third kappa shape index (κ3) is 4.25. The minimum atomic E-state index is -0.705. The summed E-state index contributed by atoms with van der Waals surface area (Å²) < 4.78 is 28.4. The highest BCUT2D eigenvalue weighted by Crippen LogP contribution is 2.10. The molecule has 4 aromatic rings. The predicted octanol–water partition coefficient (Wildman–Crippen LogP) is 2.52. The third-order valence-electron chi connectivity index (χ3n) is 4.67. The van der Waals surface area contributed by atoms with Gasteiger partial charge in [-0.1, -0.05) is 12.1 Å². The molecule has 0 atom stereocenters. The first kappa shape index (κ1) is 20.1. The molecule has 0 unspecified atom stereocenters. The Labute approximate surface area is 174 Å². The van der Waals surface area contributed by atoms with Gasteiger partial charge in [0.05, 0.1) is 12.1 Å². The van der Waals surface area contributed by atoms with Gasteiger partial charge in [0.25, 0.3) is 5.56 Å². The molecule has 7 nitrogen and oxygen atoms in total. The van der Waals surface area contributed by atoms with Crippen LogP contribution in [-0.2, 0) is 17.9 Å². The van der Waals surface area contributed by atoms with Crippen LogP contribution >= 0.6 is 0 Å². The number of carbonyl (C=O) groups excluding carboxylic acids is 1. The molecule has 0 saturated heterocycles. The van der Waals surface area contributed by atoms with E-state index >= 15 is 0 Å². The number of pyridine rings is 1. The second-order valence-corrected chi connectivity index (χ2v) is 6.81. The van der Waals surface area contributed by atoms with Crippen molar-refractivity contribution in [1.29, 1.82) is 0 Å². The molecule has 1 N–H and O–H groups in total. The van der Waals surface area contributed by atoms with Gasteiger partial charge in [-0.25, -0.2) is 18.6 Å². The summed E-state index contributed by atoms with van der Waals surface area (Å²) in [6.07, 6.45) is 1.42. The minimum Gasteiger partial charge on any atom is -0.325 e. The van der Waals surface area contributed by atoms with Crippen molar-refractivity contribution in [1.82, 2.24) is 14.1 Å². The maximum Gasteiger partial charge on any atom is 0.332 e. The van der Waals surface area contributed by atoms with Crippen molar-refractivity contribution in [3.63, 3.8) is 0 Å². The number of anilines is 1. The Bertz CT molecular complexity index is 1380. The summed E-state index contributed by atoms with van der Waals surface area (Å²) in [6.45, 7) is -0.494. The molecule has 0 fully saturated rings. The molecule has 0 aliphatic carbocycles. The lowest BCUT2D eigenvalue weighted by molar-refractivity contribution is -0.116. The average molecular weight is 422 g/mol. The Morgan fingerprint density at radius 3 is 2.23 bits per heavy atom. The zero-order valence-electron chi connectivity index (χ0n) is 16.1. The first-order chi connectivity index (χ1) is 14.9. The van der Waals surface area contributed by atoms with Gasteiger partial charge < -0.3 is 5.32 Å². The largest absolute Gasteiger partial charge is 0.332 e. The quantitative estimate of drug-likeness (QED) is 0.536. The number of amides is 1. The first-order valence-electron chi connectivity index (χ1n) is 9.30. The molecule has 156 valence electrons. The molecule has 0 saturated carbocycles. The van der Waals surface area contributed by atoms with Gasteiger partial charge in [-0.3, -0.25) is 18.7 Å². The molecule has 2 aromatic carbocycles. The number of fused-ring (bicyclic) bond motifs is 1. The van der Waals surface area contributed by atoms with Crippen LogP contribution < -0.4 is 16.6 Å². The predicted molar refractivity (Wildman–Crippen MR) is 111 cm³/mol. The maximum absolute atomic E-state index is 13.2. The van der Waals surface area contributed by atoms with Crippen LogP contribution in [0.3, 0.4) is 0 Å². The Morgan fingerprint density at radius 2 is 1.55 bits per heavy atom. The number of aromatic nitrogens is 3. The number of halogens is 2. The van der Waals surface area contributed by atoms with Crippen molar-refractivity contribution in [2.24, 2.45) is 0 Å². The highest BCUT2D eigenvalue weighted by molar-refractivity contribution is 5.91. The van der Waals surface area contributed by atoms with Gasteiger partial charge in [0.2, 0.25) is 5.91 Å². The van der Waals surface area contributed by atoms with Crippen LogP contribution in [-0.4, -0.2) is 20.0 Å². The fraction of sp³-hybridized carbons (Fsp3) is 0.0909. The fourth-order valence-electron chi connectivity index (χ4n) is 3.18. The van der Waals surface area contributed by atoms with Crippen molar-refractivity contribution < 1.29 is 13.6 Å². The van der Waals surface area contributed by atoms with E-state index in [2.05, 4.69) is 10.3 Å². The van der Waals surface area contributed by atoms with E-state index in [0.29, 0.717) is 11.3 Å². The SMILES string of the molecule is O=C(Cn1c(=O)n(Cc2ccc(F)cc2)c(=O)c2ncccc21)Nc1ccc(F)cc1. The van der Waals surface area contributed by atoms with Gasteiger partial charge in [-0.2, -0.15) is 0 Å². The monoisotopic (exact) mass is 422 g/mol. The van der Waals surface area contributed by atoms with Crippen LogP contribution in [0.25, 0.3) is 11.0 Å². The van der Waals surface area contributed by atoms with Crippen LogP contribution in [0.2, 0.25) is 0 Å². The molecule has 0 aliphatic heterocycles. The molecule has 1 amide bonds. The lowest BCUT2D eigenvalue weighted by Crippen LogP contribution is -2.42. The Morgan fingerprint density at radius 1 is 0.903 bits per heavy atom. The molecule has 2 aromatic heterocycles. The second kappa shape index (κ2) is 8.31. The van der Waals surface area contributed by atoms with Gasteiger partial charge in [-0.15, -0.1) is 0 Å². The summed E-state index contributed by atoms with van der Waals surface area (Å²) in [5.41, 5.74) is -0.176. The van der Waals surface area contributed by atoms with Crippen molar-refractivity contribution in [3.8, 4) is 0 Å². The van der Waals surface area contributed by atoms with E-state index < -0.39 is 28.8 Å². The van der Waals surface area contributed by atoms with E-state index in [0.717, 1.165) is 9.13 Å². The summed E-state index contributed by atoms with van der Waals surface area (Å²) in [5.74, 6) is -1.42. The maximum atomic E-state index is 13.2. The molecular weight excluding hydrogens is 406 g/mol. The zero-order chi connectivity index (χ0) is 22.0. The Kier molecular flexibility index (Phi) is 5.40. The normalized spacial score (nSPS) is 10.9. The van der Waals surface area contributed by atoms with Gasteiger partial charge in [0, 0.05) is 11.9 Å². The molecule has 4 rings (SSSR count). The van der Waals surface area contributed by atoms with Crippen LogP contribution in [0, 0.1) is 11.6 Å². The molecule has 31 heavy (non-hydrogen) atoms. The van der Waals surface area contributed by atoms with Crippen LogP contribution in [0.5, 0.6) is 0 Å². The minimum absolute atomic E-state index is 0.0267. The third-order valence-corrected chi connectivity index (χ3v) is 4.67. The number of nitrogens with zero attached hydrogens (tertiary/aromatic N) is 3. The van der Waals surface area contributed by atoms with Crippen LogP contribution in [0.4, 0.5) is 14.5 Å². The smallest absolute Gasteiger partial charge is 0.325 e. The zero-order valence-corrected chi connectivity index (χ0v) is 16.1. The summed E-state index contributed by atoms with van der Waals surface area (Å²) in [6, 6.07) is 13.7. The van der Waals surface area contributed by atoms with E-state index in [1.54, 1.807) is 6.07 Å². The molecular formula is C22H16F2N4O3. The van der Waals surface area contributed by atoms with E-state index in [-0.39, 0.29) is 24.1 Å². The van der Waals surface area contributed by atoms with Crippen LogP contribution in [0.1, 0.15) is 5.56 Å². The van der Waals surface area contributed by atoms with Crippen LogP contribution in [0.15, 0.2) is 76.4 Å². The molecule has 0 aliphatic rings. The molecule has 0 radical (unpaired) electrons. The number of benzene rings is 2. The van der Waals surface area contributed by atoms with E-state index in [9.17, 15) is 23.2 Å². The lowest BCUT2D eigenvalue weighted by atomic mass is 10.2. The number of nitrogens with one attached hydrogen (secondary N) is 1. The second-order valence-electron chi connectivity index (χ2n) is 6.81. The number of hydrogen-bond donors (Lipinski definition) is 1.